The zero-order chi connectivity index (χ0) is 21.1. The van der Waals surface area contributed by atoms with Gasteiger partial charge in [0.15, 0.2) is 5.78 Å². The maximum absolute atomic E-state index is 13.1. The molecule has 2 aromatic carbocycles. The zero-order valence-corrected chi connectivity index (χ0v) is 17.2. The number of Topliss-reactive ketones (excluding diaryl/α,β-unsaturated/α-hetero) is 1. The van der Waals surface area contributed by atoms with Crippen LogP contribution in [0.1, 0.15) is 35.2 Å². The Balaban J connectivity index is 1.78. The van der Waals surface area contributed by atoms with E-state index >= 15 is 0 Å². The standard InChI is InChI=1S/C25H24N2O3/c1-17(18-6-4-3-5-7-18)14-24(28)19-8-9-21-20-10-11-26-16-22(20)25(29)27(12-13-30-2)23(21)15-19/h3-11,15-17H,12-14H2,1-2H3/t17-/m0/s1. The Morgan fingerprint density at radius 2 is 1.87 bits per heavy atom. The number of rotatable bonds is 7. The molecule has 152 valence electrons. The summed E-state index contributed by atoms with van der Waals surface area (Å²) < 4.78 is 6.88. The normalized spacial score (nSPS) is 12.3. The van der Waals surface area contributed by atoms with Gasteiger partial charge in [-0.25, -0.2) is 0 Å². The third-order valence-electron chi connectivity index (χ3n) is 5.58. The fraction of sp³-hybridized carbons (Fsp3) is 0.240. The molecule has 0 amide bonds. The van der Waals surface area contributed by atoms with Crippen LogP contribution in [0.4, 0.5) is 0 Å². The molecule has 0 fully saturated rings. The summed E-state index contributed by atoms with van der Waals surface area (Å²) in [4.78, 5) is 30.2. The molecule has 0 bridgehead atoms. The van der Waals surface area contributed by atoms with Crippen LogP contribution in [-0.2, 0) is 11.3 Å². The first-order valence-electron chi connectivity index (χ1n) is 10.1. The van der Waals surface area contributed by atoms with E-state index in [4.69, 9.17) is 4.74 Å². The molecular formula is C25H24N2O3. The fourth-order valence-electron chi connectivity index (χ4n) is 3.91. The summed E-state index contributed by atoms with van der Waals surface area (Å²) >= 11 is 0. The van der Waals surface area contributed by atoms with Crippen LogP contribution in [-0.4, -0.2) is 29.1 Å². The van der Waals surface area contributed by atoms with Crippen molar-refractivity contribution in [1.82, 2.24) is 9.55 Å². The summed E-state index contributed by atoms with van der Waals surface area (Å²) in [5, 5.41) is 2.34. The Hall–Kier alpha value is -3.31. The van der Waals surface area contributed by atoms with Gasteiger partial charge in [-0.05, 0) is 29.0 Å². The van der Waals surface area contributed by atoms with Crippen molar-refractivity contribution in [2.45, 2.75) is 25.8 Å². The summed E-state index contributed by atoms with van der Waals surface area (Å²) in [5.74, 6) is 0.182. The van der Waals surface area contributed by atoms with Gasteiger partial charge in [0.05, 0.1) is 17.5 Å². The lowest BCUT2D eigenvalue weighted by atomic mass is 9.92. The maximum atomic E-state index is 13.1. The second kappa shape index (κ2) is 8.59. The number of methoxy groups -OCH3 is 1. The highest BCUT2D eigenvalue weighted by atomic mass is 16.5. The number of benzene rings is 2. The molecule has 30 heavy (non-hydrogen) atoms. The van der Waals surface area contributed by atoms with Crippen molar-refractivity contribution in [2.75, 3.05) is 13.7 Å². The minimum absolute atomic E-state index is 0.0637. The van der Waals surface area contributed by atoms with Crippen molar-refractivity contribution in [3.8, 4) is 0 Å². The largest absolute Gasteiger partial charge is 0.383 e. The van der Waals surface area contributed by atoms with Crippen LogP contribution in [0.2, 0.25) is 0 Å². The summed E-state index contributed by atoms with van der Waals surface area (Å²) in [6, 6.07) is 17.5. The number of ether oxygens (including phenoxy) is 1. The second-order valence-electron chi connectivity index (χ2n) is 7.54. The van der Waals surface area contributed by atoms with Crippen LogP contribution in [0.25, 0.3) is 21.7 Å². The Morgan fingerprint density at radius 1 is 1.07 bits per heavy atom. The third kappa shape index (κ3) is 3.76. The highest BCUT2D eigenvalue weighted by molar-refractivity contribution is 6.08. The van der Waals surface area contributed by atoms with Gasteiger partial charge in [0.2, 0.25) is 0 Å². The Labute approximate surface area is 174 Å². The first kappa shape index (κ1) is 20.0. The molecule has 0 saturated carbocycles. The quantitative estimate of drug-likeness (QED) is 0.337. The molecule has 0 aliphatic heterocycles. The maximum Gasteiger partial charge on any atom is 0.260 e. The van der Waals surface area contributed by atoms with Gasteiger partial charge in [0, 0.05) is 43.4 Å². The Bertz CT molecular complexity index is 1260. The molecule has 1 atom stereocenters. The average molecular weight is 400 g/mol. The molecule has 2 aromatic heterocycles. The van der Waals surface area contributed by atoms with Crippen LogP contribution >= 0.6 is 0 Å². The smallest absolute Gasteiger partial charge is 0.260 e. The second-order valence-corrected chi connectivity index (χ2v) is 7.54. The zero-order valence-electron chi connectivity index (χ0n) is 17.2. The molecule has 5 heteroatoms. The summed E-state index contributed by atoms with van der Waals surface area (Å²) in [7, 11) is 1.61. The van der Waals surface area contributed by atoms with E-state index in [9.17, 15) is 9.59 Å². The number of hydrogen-bond donors (Lipinski definition) is 0. The van der Waals surface area contributed by atoms with Gasteiger partial charge in [-0.3, -0.25) is 14.6 Å². The molecule has 0 aliphatic rings. The predicted molar refractivity (Wildman–Crippen MR) is 119 cm³/mol. The van der Waals surface area contributed by atoms with E-state index in [2.05, 4.69) is 11.9 Å². The van der Waals surface area contributed by atoms with Crippen LogP contribution in [0.3, 0.4) is 0 Å². The highest BCUT2D eigenvalue weighted by Crippen LogP contribution is 2.26. The Morgan fingerprint density at radius 3 is 2.63 bits per heavy atom. The predicted octanol–water partition coefficient (Wildman–Crippen LogP) is 4.57. The van der Waals surface area contributed by atoms with E-state index < -0.39 is 0 Å². The van der Waals surface area contributed by atoms with E-state index in [-0.39, 0.29) is 17.3 Å². The highest BCUT2D eigenvalue weighted by Gasteiger charge is 2.16. The summed E-state index contributed by atoms with van der Waals surface area (Å²) in [6.45, 7) is 2.88. The van der Waals surface area contributed by atoms with Crippen molar-refractivity contribution in [2.24, 2.45) is 0 Å². The molecule has 2 heterocycles. The lowest BCUT2D eigenvalue weighted by Crippen LogP contribution is -2.23. The number of ketones is 1. The molecule has 0 aliphatic carbocycles. The van der Waals surface area contributed by atoms with Gasteiger partial charge < -0.3 is 9.30 Å². The number of fused-ring (bicyclic) bond motifs is 3. The number of carbonyl (C=O) groups is 1. The van der Waals surface area contributed by atoms with Crippen LogP contribution in [0.5, 0.6) is 0 Å². The number of hydrogen-bond acceptors (Lipinski definition) is 4. The molecule has 5 nitrogen and oxygen atoms in total. The third-order valence-corrected chi connectivity index (χ3v) is 5.58. The molecule has 0 saturated heterocycles. The number of carbonyl (C=O) groups excluding carboxylic acids is 1. The van der Waals surface area contributed by atoms with Crippen molar-refractivity contribution in [1.29, 1.82) is 0 Å². The first-order chi connectivity index (χ1) is 14.6. The Kier molecular flexibility index (Phi) is 5.72. The van der Waals surface area contributed by atoms with Crippen molar-refractivity contribution >= 4 is 27.5 Å². The summed E-state index contributed by atoms with van der Waals surface area (Å²) in [6.07, 6.45) is 3.69. The van der Waals surface area contributed by atoms with Gasteiger partial charge >= 0.3 is 0 Å². The van der Waals surface area contributed by atoms with Gasteiger partial charge in [-0.2, -0.15) is 0 Å². The lowest BCUT2D eigenvalue weighted by molar-refractivity contribution is 0.0975. The van der Waals surface area contributed by atoms with Gasteiger partial charge in [0.25, 0.3) is 5.56 Å². The van der Waals surface area contributed by atoms with E-state index in [1.165, 1.54) is 0 Å². The van der Waals surface area contributed by atoms with E-state index in [0.29, 0.717) is 30.5 Å². The lowest BCUT2D eigenvalue weighted by Gasteiger charge is -2.15. The monoisotopic (exact) mass is 400 g/mol. The van der Waals surface area contributed by atoms with Crippen LogP contribution in [0, 0.1) is 0 Å². The molecule has 0 N–H and O–H groups in total. The fourth-order valence-corrected chi connectivity index (χ4v) is 3.91. The van der Waals surface area contributed by atoms with Crippen molar-refractivity contribution in [3.63, 3.8) is 0 Å². The first-order valence-corrected chi connectivity index (χ1v) is 10.1. The van der Waals surface area contributed by atoms with Gasteiger partial charge in [-0.1, -0.05) is 49.4 Å². The van der Waals surface area contributed by atoms with Crippen molar-refractivity contribution in [3.05, 3.63) is 88.5 Å². The van der Waals surface area contributed by atoms with Crippen LogP contribution in [0.15, 0.2) is 71.8 Å². The minimum Gasteiger partial charge on any atom is -0.383 e. The molecule has 0 radical (unpaired) electrons. The van der Waals surface area contributed by atoms with Gasteiger partial charge in [-0.15, -0.1) is 0 Å². The van der Waals surface area contributed by atoms with Crippen LogP contribution < -0.4 is 5.56 Å². The SMILES string of the molecule is COCCn1c(=O)c2cnccc2c2ccc(C(=O)C[C@H](C)c3ccccc3)cc21. The van der Waals surface area contributed by atoms with Crippen molar-refractivity contribution < 1.29 is 9.53 Å². The molecule has 0 unspecified atom stereocenters. The molecule has 4 aromatic rings. The van der Waals surface area contributed by atoms with E-state index in [1.807, 2.05) is 54.6 Å². The number of pyridine rings is 2. The van der Waals surface area contributed by atoms with E-state index in [1.54, 1.807) is 24.1 Å². The molecular weight excluding hydrogens is 376 g/mol. The number of aromatic nitrogens is 2. The topological polar surface area (TPSA) is 61.2 Å². The van der Waals surface area contributed by atoms with Gasteiger partial charge in [0.1, 0.15) is 0 Å². The minimum atomic E-state index is -0.120. The molecule has 4 rings (SSSR count). The van der Waals surface area contributed by atoms with E-state index in [0.717, 1.165) is 21.9 Å². The summed E-state index contributed by atoms with van der Waals surface area (Å²) in [5.41, 5.74) is 2.38. The average Bonchev–Trinajstić information content (AvgIpc) is 2.79. The molecule has 0 spiro atoms. The number of nitrogens with zero attached hydrogens (tertiary/aromatic N) is 2.